The lowest BCUT2D eigenvalue weighted by Crippen LogP contribution is -2.48. The Hall–Kier alpha value is -2.00. The molecular formula is C14H19N5O3S. The molecule has 0 amide bonds. The fourth-order valence-electron chi connectivity index (χ4n) is 2.50. The van der Waals surface area contributed by atoms with Crippen LogP contribution >= 0.6 is 11.3 Å². The molecule has 1 fully saturated rings. The maximum Gasteiger partial charge on any atom is 0.319 e. The van der Waals surface area contributed by atoms with Crippen LogP contribution in [0.4, 0.5) is 5.13 Å². The highest BCUT2D eigenvalue weighted by atomic mass is 32.1. The summed E-state index contributed by atoms with van der Waals surface area (Å²) >= 11 is 1.42. The third-order valence-electron chi connectivity index (χ3n) is 3.87. The number of esters is 1. The number of ether oxygens (including phenoxy) is 1. The third-order valence-corrected chi connectivity index (χ3v) is 4.84. The average molecular weight is 337 g/mol. The van der Waals surface area contributed by atoms with E-state index in [-0.39, 0.29) is 11.5 Å². The summed E-state index contributed by atoms with van der Waals surface area (Å²) < 4.78 is 6.05. The van der Waals surface area contributed by atoms with Crippen LogP contribution in [0.1, 0.15) is 12.6 Å². The Kier molecular flexibility index (Phi) is 4.58. The molecule has 8 nitrogen and oxygen atoms in total. The van der Waals surface area contributed by atoms with Crippen LogP contribution in [0.3, 0.4) is 0 Å². The number of carbonyl (C=O) groups excluding carboxylic acids is 1. The van der Waals surface area contributed by atoms with Gasteiger partial charge in [0.05, 0.1) is 13.7 Å². The Bertz CT molecular complexity index is 763. The topological polar surface area (TPSA) is 80.0 Å². The van der Waals surface area contributed by atoms with Gasteiger partial charge in [0.25, 0.3) is 5.56 Å². The molecule has 2 aromatic rings. The minimum Gasteiger partial charge on any atom is -0.468 e. The molecule has 0 saturated carbocycles. The third kappa shape index (κ3) is 3.35. The number of carbonyl (C=O) groups is 1. The molecule has 1 aliphatic rings. The number of aryl methyl sites for hydroxylation is 1. The number of piperazine rings is 1. The van der Waals surface area contributed by atoms with Crippen LogP contribution in [0.2, 0.25) is 0 Å². The molecule has 0 aromatic carbocycles. The normalized spacial score (nSPS) is 16.0. The summed E-state index contributed by atoms with van der Waals surface area (Å²) in [6.07, 6.45) is 0.727. The lowest BCUT2D eigenvalue weighted by molar-refractivity contribution is -0.142. The Labute approximate surface area is 137 Å². The summed E-state index contributed by atoms with van der Waals surface area (Å²) in [5, 5.41) is 5.18. The molecule has 0 bridgehead atoms. The molecule has 0 aliphatic carbocycles. The molecule has 3 heterocycles. The fourth-order valence-corrected chi connectivity index (χ4v) is 3.48. The molecule has 3 rings (SSSR count). The van der Waals surface area contributed by atoms with Crippen molar-refractivity contribution in [2.75, 3.05) is 44.7 Å². The molecule has 1 saturated heterocycles. The number of hydrogen-bond donors (Lipinski definition) is 0. The molecule has 0 radical (unpaired) electrons. The predicted octanol–water partition coefficient (Wildman–Crippen LogP) is 0.00840. The molecule has 0 N–H and O–H groups in total. The molecule has 23 heavy (non-hydrogen) atoms. The number of methoxy groups -OCH3 is 1. The van der Waals surface area contributed by atoms with E-state index in [1.54, 1.807) is 0 Å². The monoisotopic (exact) mass is 337 g/mol. The Morgan fingerprint density at radius 3 is 2.74 bits per heavy atom. The first-order chi connectivity index (χ1) is 11.1. The van der Waals surface area contributed by atoms with Crippen molar-refractivity contribution in [2.24, 2.45) is 0 Å². The van der Waals surface area contributed by atoms with E-state index in [0.29, 0.717) is 11.5 Å². The van der Waals surface area contributed by atoms with Crippen LogP contribution in [-0.4, -0.2) is 65.3 Å². The van der Waals surface area contributed by atoms with Crippen molar-refractivity contribution < 1.29 is 9.53 Å². The predicted molar refractivity (Wildman–Crippen MR) is 87.2 cm³/mol. The van der Waals surface area contributed by atoms with Gasteiger partial charge in [0.1, 0.15) is 0 Å². The lowest BCUT2D eigenvalue weighted by Gasteiger charge is -2.33. The number of anilines is 1. The number of fused-ring (bicyclic) bond motifs is 1. The average Bonchev–Trinajstić information content (AvgIpc) is 3.00. The van der Waals surface area contributed by atoms with Crippen molar-refractivity contribution in [3.05, 3.63) is 22.1 Å². The quantitative estimate of drug-likeness (QED) is 0.727. The van der Waals surface area contributed by atoms with Gasteiger partial charge in [0.15, 0.2) is 0 Å². The van der Waals surface area contributed by atoms with Crippen molar-refractivity contribution in [2.45, 2.75) is 13.3 Å². The van der Waals surface area contributed by atoms with Gasteiger partial charge in [0.2, 0.25) is 10.1 Å². The van der Waals surface area contributed by atoms with Crippen molar-refractivity contribution in [1.82, 2.24) is 19.5 Å². The van der Waals surface area contributed by atoms with Gasteiger partial charge in [-0.15, -0.1) is 5.10 Å². The smallest absolute Gasteiger partial charge is 0.319 e. The van der Waals surface area contributed by atoms with E-state index in [1.165, 1.54) is 29.0 Å². The summed E-state index contributed by atoms with van der Waals surface area (Å²) in [5.74, 6) is -0.221. The number of nitrogens with zero attached hydrogens (tertiary/aromatic N) is 5. The summed E-state index contributed by atoms with van der Waals surface area (Å²) in [4.78, 5) is 32.6. The highest BCUT2D eigenvalue weighted by molar-refractivity contribution is 7.20. The second-order valence-corrected chi connectivity index (χ2v) is 6.29. The van der Waals surface area contributed by atoms with Crippen molar-refractivity contribution in [3.8, 4) is 0 Å². The zero-order chi connectivity index (χ0) is 16.4. The minimum atomic E-state index is -0.221. The van der Waals surface area contributed by atoms with E-state index in [1.807, 2.05) is 6.92 Å². The fraction of sp³-hybridized carbons (Fsp3) is 0.571. The van der Waals surface area contributed by atoms with Crippen LogP contribution in [-0.2, 0) is 16.0 Å². The molecular weight excluding hydrogens is 318 g/mol. The van der Waals surface area contributed by atoms with E-state index in [4.69, 9.17) is 0 Å². The van der Waals surface area contributed by atoms with Gasteiger partial charge in [-0.2, -0.15) is 4.52 Å². The van der Waals surface area contributed by atoms with E-state index in [9.17, 15) is 9.59 Å². The molecule has 2 aromatic heterocycles. The first-order valence-corrected chi connectivity index (χ1v) is 8.36. The van der Waals surface area contributed by atoms with E-state index >= 15 is 0 Å². The zero-order valence-electron chi connectivity index (χ0n) is 13.2. The molecule has 0 atom stereocenters. The Balaban J connectivity index is 1.73. The van der Waals surface area contributed by atoms with Gasteiger partial charge in [0, 0.05) is 37.9 Å². The Morgan fingerprint density at radius 2 is 2.09 bits per heavy atom. The first-order valence-electron chi connectivity index (χ1n) is 7.54. The standard InChI is InChI=1S/C14H19N5O3S/c1-3-10-8-11(20)19-13(15-10)23-14(16-19)18-6-4-17(5-7-18)9-12(21)22-2/h8H,3-7,9H2,1-2H3. The SMILES string of the molecule is CCc1cc(=O)n2nc(N3CCN(CC(=O)OC)CC3)sc2n1. The van der Waals surface area contributed by atoms with Crippen LogP contribution in [0, 0.1) is 0 Å². The van der Waals surface area contributed by atoms with E-state index in [2.05, 4.69) is 24.6 Å². The molecule has 0 unspecified atom stereocenters. The van der Waals surface area contributed by atoms with E-state index in [0.717, 1.165) is 43.4 Å². The van der Waals surface area contributed by atoms with Gasteiger partial charge in [-0.3, -0.25) is 14.5 Å². The van der Waals surface area contributed by atoms with E-state index < -0.39 is 0 Å². The number of aromatic nitrogens is 3. The van der Waals surface area contributed by atoms with Crippen LogP contribution in [0.25, 0.3) is 4.96 Å². The Morgan fingerprint density at radius 1 is 1.35 bits per heavy atom. The van der Waals surface area contributed by atoms with Gasteiger partial charge < -0.3 is 9.64 Å². The van der Waals surface area contributed by atoms with Gasteiger partial charge in [-0.1, -0.05) is 18.3 Å². The molecule has 1 aliphatic heterocycles. The number of hydrogen-bond acceptors (Lipinski definition) is 8. The lowest BCUT2D eigenvalue weighted by atomic mass is 10.3. The van der Waals surface area contributed by atoms with Crippen molar-refractivity contribution >= 4 is 27.4 Å². The van der Waals surface area contributed by atoms with Gasteiger partial charge >= 0.3 is 5.97 Å². The summed E-state index contributed by atoms with van der Waals surface area (Å²) in [6, 6.07) is 1.53. The van der Waals surface area contributed by atoms with Crippen LogP contribution < -0.4 is 10.5 Å². The first kappa shape index (κ1) is 15.9. The highest BCUT2D eigenvalue weighted by Crippen LogP contribution is 2.22. The maximum absolute atomic E-state index is 12.0. The van der Waals surface area contributed by atoms with Gasteiger partial charge in [-0.05, 0) is 6.42 Å². The van der Waals surface area contributed by atoms with Crippen molar-refractivity contribution in [1.29, 1.82) is 0 Å². The van der Waals surface area contributed by atoms with Crippen LogP contribution in [0.15, 0.2) is 10.9 Å². The van der Waals surface area contributed by atoms with Crippen molar-refractivity contribution in [3.63, 3.8) is 0 Å². The minimum absolute atomic E-state index is 0.140. The number of rotatable bonds is 4. The summed E-state index contributed by atoms with van der Waals surface area (Å²) in [5.41, 5.74) is 0.645. The summed E-state index contributed by atoms with van der Waals surface area (Å²) in [7, 11) is 1.40. The molecule has 124 valence electrons. The highest BCUT2D eigenvalue weighted by Gasteiger charge is 2.22. The second-order valence-electron chi connectivity index (χ2n) is 5.36. The zero-order valence-corrected chi connectivity index (χ0v) is 14.0. The van der Waals surface area contributed by atoms with Gasteiger partial charge in [-0.25, -0.2) is 4.98 Å². The summed E-state index contributed by atoms with van der Waals surface area (Å²) in [6.45, 7) is 5.31. The second kappa shape index (κ2) is 6.63. The largest absolute Gasteiger partial charge is 0.468 e. The molecule has 9 heteroatoms. The molecule has 0 spiro atoms. The van der Waals surface area contributed by atoms with Crippen LogP contribution in [0.5, 0.6) is 0 Å². The maximum atomic E-state index is 12.0.